The molecule has 0 atom stereocenters. The molecule has 1 aromatic rings. The molecule has 3 heteroatoms. The highest BCUT2D eigenvalue weighted by Crippen LogP contribution is 2.29. The Kier molecular flexibility index (Phi) is 1.24. The van der Waals surface area contributed by atoms with E-state index in [0.717, 1.165) is 11.4 Å². The lowest BCUT2D eigenvalue weighted by molar-refractivity contribution is 1.08. The maximum Gasteiger partial charge on any atom is 0.105 e. The fourth-order valence-electron chi connectivity index (χ4n) is 0.976. The molecule has 2 heterocycles. The van der Waals surface area contributed by atoms with Gasteiger partial charge in [-0.25, -0.2) is 4.98 Å². The Morgan fingerprint density at radius 3 is 3.30 bits per heavy atom. The summed E-state index contributed by atoms with van der Waals surface area (Å²) in [5.41, 5.74) is 1.19. The summed E-state index contributed by atoms with van der Waals surface area (Å²) in [4.78, 5) is 4.13. The number of nitrogens with one attached hydrogen (secondary N) is 1. The van der Waals surface area contributed by atoms with Gasteiger partial charge in [-0.1, -0.05) is 17.8 Å². The Morgan fingerprint density at radius 1 is 1.60 bits per heavy atom. The van der Waals surface area contributed by atoms with Crippen molar-refractivity contribution in [3.63, 3.8) is 0 Å². The third-order valence-corrected chi connectivity index (χ3v) is 2.37. The molecule has 0 unspecified atom stereocenters. The first-order valence-corrected chi connectivity index (χ1v) is 3.87. The fraction of sp³-hybridized carbons (Fsp3) is 0.143. The van der Waals surface area contributed by atoms with Crippen LogP contribution in [0.1, 0.15) is 5.56 Å². The number of aromatic nitrogens is 1. The smallest absolute Gasteiger partial charge is 0.105 e. The molecule has 0 aliphatic carbocycles. The number of fused-ring (bicyclic) bond motifs is 1. The van der Waals surface area contributed by atoms with Gasteiger partial charge in [0.15, 0.2) is 0 Å². The average molecular weight is 150 g/mol. The van der Waals surface area contributed by atoms with Crippen LogP contribution in [-0.2, 0) is 6.42 Å². The normalized spacial score (nSPS) is 15.4. The second kappa shape index (κ2) is 2.09. The second-order valence-electron chi connectivity index (χ2n) is 2.17. The third kappa shape index (κ3) is 0.827. The molecule has 10 heavy (non-hydrogen) atoms. The Hall–Kier alpha value is -0.830. The van der Waals surface area contributed by atoms with E-state index in [1.54, 1.807) is 6.20 Å². The van der Waals surface area contributed by atoms with Crippen LogP contribution in [0.25, 0.3) is 0 Å². The van der Waals surface area contributed by atoms with Gasteiger partial charge in [-0.05, 0) is 11.6 Å². The summed E-state index contributed by atoms with van der Waals surface area (Å²) in [5.74, 6) is 0. The Balaban J connectivity index is 2.51. The number of pyridine rings is 1. The van der Waals surface area contributed by atoms with Crippen LogP contribution >= 0.6 is 11.8 Å². The molecule has 2 rings (SSSR count). The molecule has 0 saturated carbocycles. The summed E-state index contributed by atoms with van der Waals surface area (Å²) >= 11 is 1.46. The van der Waals surface area contributed by atoms with Gasteiger partial charge in [-0.2, -0.15) is 0 Å². The van der Waals surface area contributed by atoms with Crippen molar-refractivity contribution in [1.82, 2.24) is 4.98 Å². The van der Waals surface area contributed by atoms with Gasteiger partial charge in [0.25, 0.3) is 0 Å². The highest BCUT2D eigenvalue weighted by atomic mass is 32.2. The monoisotopic (exact) mass is 150 g/mol. The summed E-state index contributed by atoms with van der Waals surface area (Å²) in [7, 11) is 0. The van der Waals surface area contributed by atoms with E-state index in [2.05, 4.69) is 4.98 Å². The van der Waals surface area contributed by atoms with Crippen LogP contribution in [-0.4, -0.2) is 10.0 Å². The number of nitrogens with zero attached hydrogens (tertiary/aromatic N) is 1. The largest absolute Gasteiger partial charge is 0.298 e. The maximum absolute atomic E-state index is 7.36. The number of hydrogen-bond acceptors (Lipinski definition) is 3. The van der Waals surface area contributed by atoms with E-state index in [0.29, 0.717) is 5.04 Å². The molecule has 50 valence electrons. The Bertz CT molecular complexity index is 256. The zero-order valence-corrected chi connectivity index (χ0v) is 6.11. The predicted octanol–water partition coefficient (Wildman–Crippen LogP) is 1.71. The molecule has 2 nitrogen and oxygen atoms in total. The van der Waals surface area contributed by atoms with Gasteiger partial charge >= 0.3 is 0 Å². The molecule has 0 fully saturated rings. The van der Waals surface area contributed by atoms with Crippen molar-refractivity contribution in [2.75, 3.05) is 0 Å². The number of rotatable bonds is 0. The van der Waals surface area contributed by atoms with Crippen molar-refractivity contribution in [3.8, 4) is 0 Å². The molecule has 0 radical (unpaired) electrons. The molecule has 1 aliphatic rings. The lowest BCUT2D eigenvalue weighted by Crippen LogP contribution is -1.84. The van der Waals surface area contributed by atoms with Crippen LogP contribution in [0.3, 0.4) is 0 Å². The zero-order valence-electron chi connectivity index (χ0n) is 5.29. The minimum atomic E-state index is 0.703. The van der Waals surface area contributed by atoms with Crippen molar-refractivity contribution in [2.45, 2.75) is 11.4 Å². The van der Waals surface area contributed by atoms with Crippen molar-refractivity contribution in [2.24, 2.45) is 0 Å². The van der Waals surface area contributed by atoms with E-state index in [1.165, 1.54) is 17.3 Å². The topological polar surface area (TPSA) is 36.7 Å². The summed E-state index contributed by atoms with van der Waals surface area (Å²) in [6, 6.07) is 3.94. The van der Waals surface area contributed by atoms with E-state index in [-0.39, 0.29) is 0 Å². The first-order chi connectivity index (χ1) is 4.86. The highest BCUT2D eigenvalue weighted by Gasteiger charge is 2.15. The van der Waals surface area contributed by atoms with Crippen LogP contribution in [0.4, 0.5) is 0 Å². The molecule has 0 bridgehead atoms. The van der Waals surface area contributed by atoms with Crippen molar-refractivity contribution < 1.29 is 0 Å². The third-order valence-electron chi connectivity index (χ3n) is 1.42. The fourth-order valence-corrected chi connectivity index (χ4v) is 1.82. The molecule has 1 aromatic heterocycles. The van der Waals surface area contributed by atoms with E-state index >= 15 is 0 Å². The standard InChI is InChI=1S/C7H6N2S/c8-6-4-5-2-1-3-9-7(5)10-6/h1-3,8H,4H2. The quantitative estimate of drug-likeness (QED) is 0.611. The lowest BCUT2D eigenvalue weighted by atomic mass is 10.2. The van der Waals surface area contributed by atoms with Gasteiger partial charge in [0, 0.05) is 12.6 Å². The zero-order chi connectivity index (χ0) is 6.97. The first-order valence-electron chi connectivity index (χ1n) is 3.05. The first kappa shape index (κ1) is 5.92. The van der Waals surface area contributed by atoms with Gasteiger partial charge < -0.3 is 0 Å². The van der Waals surface area contributed by atoms with Crippen LogP contribution in [0, 0.1) is 5.41 Å². The van der Waals surface area contributed by atoms with E-state index in [1.807, 2.05) is 12.1 Å². The minimum Gasteiger partial charge on any atom is -0.298 e. The van der Waals surface area contributed by atoms with E-state index < -0.39 is 0 Å². The van der Waals surface area contributed by atoms with Crippen LogP contribution in [0.5, 0.6) is 0 Å². The average Bonchev–Trinajstić information content (AvgIpc) is 2.27. The molecule has 1 aliphatic heterocycles. The molecular weight excluding hydrogens is 144 g/mol. The van der Waals surface area contributed by atoms with Crippen molar-refractivity contribution >= 4 is 16.8 Å². The van der Waals surface area contributed by atoms with Crippen molar-refractivity contribution in [3.05, 3.63) is 23.9 Å². The van der Waals surface area contributed by atoms with Gasteiger partial charge in [0.1, 0.15) is 5.03 Å². The maximum atomic E-state index is 7.36. The minimum absolute atomic E-state index is 0.703. The van der Waals surface area contributed by atoms with Crippen LogP contribution in [0.15, 0.2) is 23.4 Å². The molecular formula is C7H6N2S. The Morgan fingerprint density at radius 2 is 2.50 bits per heavy atom. The van der Waals surface area contributed by atoms with Gasteiger partial charge in [0.2, 0.25) is 0 Å². The number of thioether (sulfide) groups is 1. The molecule has 0 saturated heterocycles. The second-order valence-corrected chi connectivity index (χ2v) is 3.25. The lowest BCUT2D eigenvalue weighted by Gasteiger charge is -1.90. The van der Waals surface area contributed by atoms with Gasteiger partial charge in [-0.15, -0.1) is 0 Å². The van der Waals surface area contributed by atoms with Gasteiger partial charge in [-0.3, -0.25) is 5.41 Å². The summed E-state index contributed by atoms with van der Waals surface area (Å²) in [5, 5.41) is 9.07. The summed E-state index contributed by atoms with van der Waals surface area (Å²) in [6.07, 6.45) is 2.54. The Labute approximate surface area is 63.2 Å². The predicted molar refractivity (Wildman–Crippen MR) is 41.5 cm³/mol. The number of hydrogen-bond donors (Lipinski definition) is 1. The molecule has 0 spiro atoms. The molecule has 0 amide bonds. The van der Waals surface area contributed by atoms with Gasteiger partial charge in [0.05, 0.1) is 5.04 Å². The van der Waals surface area contributed by atoms with Crippen LogP contribution in [0.2, 0.25) is 0 Å². The molecule has 0 aromatic carbocycles. The summed E-state index contributed by atoms with van der Waals surface area (Å²) < 4.78 is 0. The van der Waals surface area contributed by atoms with Crippen LogP contribution < -0.4 is 0 Å². The molecule has 1 N–H and O–H groups in total. The van der Waals surface area contributed by atoms with Crippen molar-refractivity contribution in [1.29, 1.82) is 5.41 Å². The van der Waals surface area contributed by atoms with E-state index in [4.69, 9.17) is 5.41 Å². The highest BCUT2D eigenvalue weighted by molar-refractivity contribution is 8.14. The SMILES string of the molecule is N=C1Cc2cccnc2S1. The summed E-state index contributed by atoms with van der Waals surface area (Å²) in [6.45, 7) is 0. The van der Waals surface area contributed by atoms with E-state index in [9.17, 15) is 0 Å².